The molecule has 1 aromatic heterocycles. The van der Waals surface area contributed by atoms with Crippen molar-refractivity contribution in [3.63, 3.8) is 0 Å². The van der Waals surface area contributed by atoms with E-state index in [1.54, 1.807) is 0 Å². The van der Waals surface area contributed by atoms with Gasteiger partial charge < -0.3 is 14.9 Å². The van der Waals surface area contributed by atoms with Crippen molar-refractivity contribution in [1.82, 2.24) is 4.98 Å². The van der Waals surface area contributed by atoms with Crippen molar-refractivity contribution >= 4 is 16.6 Å². The Kier molecular flexibility index (Phi) is 5.19. The lowest BCUT2D eigenvalue weighted by atomic mass is 10.4. The van der Waals surface area contributed by atoms with Gasteiger partial charge in [0.15, 0.2) is 5.75 Å². The van der Waals surface area contributed by atoms with Gasteiger partial charge in [-0.05, 0) is 6.07 Å². The Bertz CT molecular complexity index is 456. The average Bonchev–Trinajstić information content (AvgIpc) is 2.17. The van der Waals surface area contributed by atoms with Gasteiger partial charge in [0.25, 0.3) is 22.5 Å². The summed E-state index contributed by atoms with van der Waals surface area (Å²) in [5.74, 6) is -0.956. The quantitative estimate of drug-likeness (QED) is 0.483. The number of ether oxygens (including phenoxy) is 1. The summed E-state index contributed by atoms with van der Waals surface area (Å²) >= 11 is 0. The van der Waals surface area contributed by atoms with Crippen LogP contribution in [0.2, 0.25) is 0 Å². The van der Waals surface area contributed by atoms with Gasteiger partial charge in [0, 0.05) is 6.20 Å². The molecule has 0 aromatic carbocycles. The summed E-state index contributed by atoms with van der Waals surface area (Å²) in [4.78, 5) is 11.3. The Labute approximate surface area is 90.9 Å². The Morgan fingerprint density at radius 1 is 1.50 bits per heavy atom. The van der Waals surface area contributed by atoms with E-state index in [1.165, 1.54) is 7.11 Å². The van der Waals surface area contributed by atoms with Crippen molar-refractivity contribution < 1.29 is 32.7 Å². The Morgan fingerprint density at radius 2 is 2.00 bits per heavy atom. The molecular weight excluding hydrogens is 242 g/mol. The van der Waals surface area contributed by atoms with E-state index in [4.69, 9.17) is 14.5 Å². The van der Waals surface area contributed by atoms with Crippen LogP contribution in [0.1, 0.15) is 0 Å². The highest BCUT2D eigenvalue weighted by atomic mass is 32.2. The maximum Gasteiger partial charge on any atom is 0.298 e. The summed E-state index contributed by atoms with van der Waals surface area (Å²) in [5, 5.41) is 16.1. The average molecular weight is 251 g/mol. The predicted molar refractivity (Wildman–Crippen MR) is 51.0 cm³/mol. The highest BCUT2D eigenvalue weighted by molar-refractivity contribution is 7.86. The third-order valence-electron chi connectivity index (χ3n) is 1.32. The summed E-state index contributed by atoms with van der Waals surface area (Å²) < 4.78 is 34.4. The van der Waals surface area contributed by atoms with Gasteiger partial charge in [0.1, 0.15) is 4.90 Å². The van der Waals surface area contributed by atoms with Crippen molar-refractivity contribution in [1.29, 1.82) is 0 Å². The topological polar surface area (TPSA) is 134 Å². The number of hydrogen-bond acceptors (Lipinski definition) is 6. The number of methoxy groups -OCH3 is 1. The zero-order valence-electron chi connectivity index (χ0n) is 8.06. The van der Waals surface area contributed by atoms with Crippen LogP contribution in [-0.4, -0.2) is 41.7 Å². The van der Waals surface area contributed by atoms with Crippen molar-refractivity contribution in [3.05, 3.63) is 12.3 Å². The van der Waals surface area contributed by atoms with Crippen LogP contribution in [0.25, 0.3) is 0 Å². The molecule has 0 aliphatic rings. The molecule has 1 rings (SSSR count). The summed E-state index contributed by atoms with van der Waals surface area (Å²) in [5.41, 5.74) is 0. The number of rotatable bonds is 2. The van der Waals surface area contributed by atoms with Crippen LogP contribution in [0.5, 0.6) is 11.6 Å². The van der Waals surface area contributed by atoms with E-state index in [0.717, 1.165) is 12.3 Å². The lowest BCUT2D eigenvalue weighted by Crippen LogP contribution is -2.00. The Morgan fingerprint density at radius 3 is 2.38 bits per heavy atom. The number of carboxylic acid groups (broad SMARTS) is 1. The molecule has 8 nitrogen and oxygen atoms in total. The molecule has 0 saturated heterocycles. The van der Waals surface area contributed by atoms with E-state index < -0.39 is 20.8 Å². The van der Waals surface area contributed by atoms with Crippen LogP contribution in [0.4, 0.5) is 0 Å². The molecule has 0 bridgehead atoms. The molecule has 1 heterocycles. The van der Waals surface area contributed by atoms with Gasteiger partial charge >= 0.3 is 0 Å². The summed E-state index contributed by atoms with van der Waals surface area (Å²) in [6, 6.07) is 0.965. The van der Waals surface area contributed by atoms with Crippen LogP contribution in [0.3, 0.4) is 0 Å². The lowest BCUT2D eigenvalue weighted by Gasteiger charge is -2.04. The molecule has 1 aromatic rings. The maximum absolute atomic E-state index is 10.6. The van der Waals surface area contributed by atoms with E-state index in [9.17, 15) is 13.5 Å². The zero-order chi connectivity index (χ0) is 12.8. The van der Waals surface area contributed by atoms with E-state index in [0.29, 0.717) is 0 Å². The third-order valence-corrected chi connectivity index (χ3v) is 2.21. The smallest absolute Gasteiger partial charge is 0.298 e. The molecule has 0 atom stereocenters. The highest BCUT2D eigenvalue weighted by Gasteiger charge is 2.18. The highest BCUT2D eigenvalue weighted by Crippen LogP contribution is 2.29. The van der Waals surface area contributed by atoms with Crippen molar-refractivity contribution in [2.45, 2.75) is 4.90 Å². The molecule has 0 aliphatic heterocycles. The molecule has 9 heteroatoms. The maximum atomic E-state index is 10.6. The monoisotopic (exact) mass is 251 g/mol. The lowest BCUT2D eigenvalue weighted by molar-refractivity contribution is -0.122. The molecule has 0 spiro atoms. The minimum atomic E-state index is -4.44. The Balaban J connectivity index is 0.000000673. The predicted octanol–water partition coefficient (Wildman–Crippen LogP) is -0.257. The molecule has 0 aliphatic carbocycles. The molecule has 0 amide bonds. The first-order chi connectivity index (χ1) is 7.38. The van der Waals surface area contributed by atoms with Gasteiger partial charge in [-0.2, -0.15) is 8.42 Å². The largest absolute Gasteiger partial charge is 0.502 e. The van der Waals surface area contributed by atoms with Crippen molar-refractivity contribution in [2.24, 2.45) is 0 Å². The normalized spacial score (nSPS) is 9.88. The second-order valence-corrected chi connectivity index (χ2v) is 3.64. The third kappa shape index (κ3) is 3.71. The fourth-order valence-corrected chi connectivity index (χ4v) is 1.34. The van der Waals surface area contributed by atoms with E-state index in [2.05, 4.69) is 9.72 Å². The number of aromatic hydroxyl groups is 1. The van der Waals surface area contributed by atoms with Crippen molar-refractivity contribution in [2.75, 3.05) is 7.11 Å². The van der Waals surface area contributed by atoms with E-state index in [1.807, 2.05) is 0 Å². The van der Waals surface area contributed by atoms with Crippen LogP contribution < -0.4 is 4.74 Å². The fraction of sp³-hybridized carbons (Fsp3) is 0.143. The fourth-order valence-electron chi connectivity index (χ4n) is 0.776. The second-order valence-electron chi connectivity index (χ2n) is 2.25. The number of aromatic nitrogens is 1. The minimum Gasteiger partial charge on any atom is -0.502 e. The van der Waals surface area contributed by atoms with Gasteiger partial charge in [-0.25, -0.2) is 4.98 Å². The molecule has 0 saturated carbocycles. The number of nitrogens with zero attached hydrogens (tertiary/aromatic N) is 1. The van der Waals surface area contributed by atoms with E-state index in [-0.39, 0.29) is 12.4 Å². The first kappa shape index (κ1) is 14.1. The number of carbonyl (C=O) groups is 1. The van der Waals surface area contributed by atoms with Crippen LogP contribution in [-0.2, 0) is 14.9 Å². The van der Waals surface area contributed by atoms with Gasteiger partial charge in [0.05, 0.1) is 7.11 Å². The Hall–Kier alpha value is -1.87. The summed E-state index contributed by atoms with van der Waals surface area (Å²) in [6.45, 7) is -0.250. The first-order valence-electron chi connectivity index (χ1n) is 3.65. The van der Waals surface area contributed by atoms with Crippen LogP contribution in [0, 0.1) is 0 Å². The van der Waals surface area contributed by atoms with E-state index >= 15 is 0 Å². The SMILES string of the molecule is COc1nccc(S(=O)(=O)O)c1O.O=CO. The van der Waals surface area contributed by atoms with Gasteiger partial charge in [-0.3, -0.25) is 9.35 Å². The second kappa shape index (κ2) is 5.88. The molecule has 3 N–H and O–H groups in total. The van der Waals surface area contributed by atoms with Gasteiger partial charge in [-0.1, -0.05) is 0 Å². The van der Waals surface area contributed by atoms with Crippen LogP contribution in [0.15, 0.2) is 17.2 Å². The molecule has 90 valence electrons. The molecule has 0 fully saturated rings. The standard InChI is InChI=1S/C6H7NO5S.CH2O2/c1-12-6-5(8)4(2-3-7-6)13(9,10)11;2-1-3/h2-3,8H,1H3,(H,9,10,11);1H,(H,2,3). The van der Waals surface area contributed by atoms with Crippen LogP contribution >= 0.6 is 0 Å². The summed E-state index contributed by atoms with van der Waals surface area (Å²) in [7, 11) is -3.22. The van der Waals surface area contributed by atoms with Crippen molar-refractivity contribution in [3.8, 4) is 11.6 Å². The number of hydrogen-bond donors (Lipinski definition) is 3. The minimum absolute atomic E-state index is 0.250. The van der Waals surface area contributed by atoms with Gasteiger partial charge in [-0.15, -0.1) is 0 Å². The first-order valence-corrected chi connectivity index (χ1v) is 5.09. The molecule has 0 unspecified atom stereocenters. The van der Waals surface area contributed by atoms with Gasteiger partial charge in [0.2, 0.25) is 0 Å². The molecule has 0 radical (unpaired) electrons. The summed E-state index contributed by atoms with van der Waals surface area (Å²) in [6.07, 6.45) is 1.10. The molecule has 16 heavy (non-hydrogen) atoms. The molecular formula is C7H9NO7S. The zero-order valence-corrected chi connectivity index (χ0v) is 8.88. The number of pyridine rings is 1.